The minimum absolute atomic E-state index is 0.372. The van der Waals surface area contributed by atoms with E-state index in [1.165, 1.54) is 32.1 Å². The van der Waals surface area contributed by atoms with E-state index in [4.69, 9.17) is 9.26 Å². The zero-order valence-electron chi connectivity index (χ0n) is 15.0. The lowest BCUT2D eigenvalue weighted by atomic mass is 9.94. The van der Waals surface area contributed by atoms with Gasteiger partial charge < -0.3 is 14.4 Å². The van der Waals surface area contributed by atoms with Crippen LogP contribution in [0.15, 0.2) is 28.8 Å². The Kier molecular flexibility index (Phi) is 6.04. The molecular weight excluding hydrogens is 318 g/mol. The lowest BCUT2D eigenvalue weighted by molar-refractivity contribution is 0.0689. The first-order valence-corrected chi connectivity index (χ1v) is 9.05. The third kappa shape index (κ3) is 4.80. The fourth-order valence-electron chi connectivity index (χ4n) is 3.50. The summed E-state index contributed by atoms with van der Waals surface area (Å²) in [7, 11) is 1.64. The Morgan fingerprint density at radius 1 is 1.32 bits per heavy atom. The van der Waals surface area contributed by atoms with Crippen molar-refractivity contribution in [2.45, 2.75) is 57.7 Å². The smallest absolute Gasteiger partial charge is 0.241 e. The quantitative estimate of drug-likeness (QED) is 0.830. The summed E-state index contributed by atoms with van der Waals surface area (Å²) in [6.45, 7) is 3.03. The van der Waals surface area contributed by atoms with Gasteiger partial charge in [0, 0.05) is 18.2 Å². The van der Waals surface area contributed by atoms with Crippen LogP contribution in [0.4, 0.5) is 0 Å². The Labute approximate surface area is 148 Å². The molecule has 3 rings (SSSR count). The Morgan fingerprint density at radius 3 is 2.84 bits per heavy atom. The second-order valence-corrected chi connectivity index (χ2v) is 6.81. The molecule has 0 saturated heterocycles. The molecule has 136 valence electrons. The van der Waals surface area contributed by atoms with Crippen molar-refractivity contribution in [3.63, 3.8) is 0 Å². The summed E-state index contributed by atoms with van der Waals surface area (Å²) in [5, 5.41) is 14.0. The van der Waals surface area contributed by atoms with Crippen LogP contribution in [0.5, 0.6) is 5.75 Å². The SMILES string of the molecule is COc1cccc(-c2noc(CN(CC(C)O)C3CCCCC3)n2)c1. The van der Waals surface area contributed by atoms with Crippen LogP contribution < -0.4 is 4.74 Å². The highest BCUT2D eigenvalue weighted by Gasteiger charge is 2.24. The number of hydrogen-bond acceptors (Lipinski definition) is 6. The van der Waals surface area contributed by atoms with Gasteiger partial charge in [0.2, 0.25) is 11.7 Å². The summed E-state index contributed by atoms with van der Waals surface area (Å²) in [5.41, 5.74) is 0.870. The number of aliphatic hydroxyl groups excluding tert-OH is 1. The summed E-state index contributed by atoms with van der Waals surface area (Å²) in [6.07, 6.45) is 5.77. The minimum atomic E-state index is -0.372. The first-order chi connectivity index (χ1) is 12.2. The molecule has 1 aromatic carbocycles. The molecule has 1 aliphatic rings. The average Bonchev–Trinajstić information content (AvgIpc) is 3.10. The standard InChI is InChI=1S/C19H27N3O3/c1-14(23)12-22(16-8-4-3-5-9-16)13-18-20-19(21-25-18)15-7-6-10-17(11-15)24-2/h6-7,10-11,14,16,23H,3-5,8-9,12-13H2,1-2H3. The molecule has 6 heteroatoms. The van der Waals surface area contributed by atoms with E-state index >= 15 is 0 Å². The van der Waals surface area contributed by atoms with Crippen LogP contribution in [-0.2, 0) is 6.54 Å². The van der Waals surface area contributed by atoms with Gasteiger partial charge in [-0.2, -0.15) is 4.98 Å². The molecule has 0 spiro atoms. The van der Waals surface area contributed by atoms with Gasteiger partial charge in [-0.05, 0) is 31.9 Å². The number of aromatic nitrogens is 2. The Morgan fingerprint density at radius 2 is 2.12 bits per heavy atom. The molecule has 1 fully saturated rings. The van der Waals surface area contributed by atoms with Gasteiger partial charge in [-0.15, -0.1) is 0 Å². The van der Waals surface area contributed by atoms with E-state index < -0.39 is 0 Å². The molecule has 1 saturated carbocycles. The molecule has 1 aromatic heterocycles. The predicted octanol–water partition coefficient (Wildman–Crippen LogP) is 3.26. The predicted molar refractivity (Wildman–Crippen MR) is 95.2 cm³/mol. The second-order valence-electron chi connectivity index (χ2n) is 6.81. The van der Waals surface area contributed by atoms with E-state index in [0.717, 1.165) is 11.3 Å². The van der Waals surface area contributed by atoms with Crippen LogP contribution in [0, 0.1) is 0 Å². The van der Waals surface area contributed by atoms with Crippen molar-refractivity contribution < 1.29 is 14.4 Å². The van der Waals surface area contributed by atoms with Gasteiger partial charge in [0.05, 0.1) is 19.8 Å². The minimum Gasteiger partial charge on any atom is -0.497 e. The topological polar surface area (TPSA) is 71.6 Å². The maximum Gasteiger partial charge on any atom is 0.241 e. The fourth-order valence-corrected chi connectivity index (χ4v) is 3.50. The largest absolute Gasteiger partial charge is 0.497 e. The van der Waals surface area contributed by atoms with Gasteiger partial charge in [0.25, 0.3) is 0 Å². The highest BCUT2D eigenvalue weighted by Crippen LogP contribution is 2.25. The molecule has 2 aromatic rings. The number of benzene rings is 1. The van der Waals surface area contributed by atoms with Gasteiger partial charge in [-0.3, -0.25) is 4.90 Å². The first kappa shape index (κ1) is 17.9. The summed E-state index contributed by atoms with van der Waals surface area (Å²) in [6, 6.07) is 8.11. The van der Waals surface area contributed by atoms with E-state index in [9.17, 15) is 5.11 Å². The molecule has 0 bridgehead atoms. The van der Waals surface area contributed by atoms with Gasteiger partial charge >= 0.3 is 0 Å². The van der Waals surface area contributed by atoms with E-state index in [1.54, 1.807) is 7.11 Å². The Hall–Kier alpha value is -1.92. The van der Waals surface area contributed by atoms with Gasteiger partial charge in [0.1, 0.15) is 5.75 Å². The molecule has 1 heterocycles. The summed E-state index contributed by atoms with van der Waals surface area (Å²) in [4.78, 5) is 6.83. The van der Waals surface area contributed by atoms with E-state index in [2.05, 4.69) is 15.0 Å². The lowest BCUT2D eigenvalue weighted by Crippen LogP contribution is -2.40. The van der Waals surface area contributed by atoms with Crippen molar-refractivity contribution in [2.24, 2.45) is 0 Å². The van der Waals surface area contributed by atoms with Gasteiger partial charge in [-0.1, -0.05) is 36.6 Å². The molecule has 1 unspecified atom stereocenters. The monoisotopic (exact) mass is 345 g/mol. The maximum atomic E-state index is 9.85. The van der Waals surface area contributed by atoms with Crippen molar-refractivity contribution in [2.75, 3.05) is 13.7 Å². The van der Waals surface area contributed by atoms with Crippen molar-refractivity contribution in [3.8, 4) is 17.1 Å². The third-order valence-corrected chi connectivity index (χ3v) is 4.72. The van der Waals surface area contributed by atoms with E-state index in [1.807, 2.05) is 31.2 Å². The first-order valence-electron chi connectivity index (χ1n) is 9.05. The van der Waals surface area contributed by atoms with Crippen LogP contribution in [0.25, 0.3) is 11.4 Å². The number of rotatable bonds is 7. The van der Waals surface area contributed by atoms with Gasteiger partial charge in [0.15, 0.2) is 0 Å². The van der Waals surface area contributed by atoms with E-state index in [0.29, 0.717) is 30.8 Å². The lowest BCUT2D eigenvalue weighted by Gasteiger charge is -2.34. The summed E-state index contributed by atoms with van der Waals surface area (Å²) >= 11 is 0. The average molecular weight is 345 g/mol. The van der Waals surface area contributed by atoms with Crippen molar-refractivity contribution in [1.29, 1.82) is 0 Å². The van der Waals surface area contributed by atoms with Crippen LogP contribution in [0.2, 0.25) is 0 Å². The molecule has 6 nitrogen and oxygen atoms in total. The fraction of sp³-hybridized carbons (Fsp3) is 0.579. The summed E-state index contributed by atoms with van der Waals surface area (Å²) < 4.78 is 10.7. The number of nitrogens with zero attached hydrogens (tertiary/aromatic N) is 3. The third-order valence-electron chi connectivity index (χ3n) is 4.72. The number of methoxy groups -OCH3 is 1. The summed E-state index contributed by atoms with van der Waals surface area (Å²) in [5.74, 6) is 1.92. The van der Waals surface area contributed by atoms with Gasteiger partial charge in [-0.25, -0.2) is 0 Å². The zero-order valence-corrected chi connectivity index (χ0v) is 15.0. The Bertz CT molecular complexity index is 665. The maximum absolute atomic E-state index is 9.85. The van der Waals surface area contributed by atoms with Crippen LogP contribution in [0.1, 0.15) is 44.9 Å². The molecular formula is C19H27N3O3. The highest BCUT2D eigenvalue weighted by atomic mass is 16.5. The molecule has 0 amide bonds. The van der Waals surface area contributed by atoms with Crippen LogP contribution in [-0.4, -0.2) is 45.9 Å². The van der Waals surface area contributed by atoms with E-state index in [-0.39, 0.29) is 6.10 Å². The normalized spacial score (nSPS) is 17.0. The number of hydrogen-bond donors (Lipinski definition) is 1. The molecule has 0 aliphatic heterocycles. The highest BCUT2D eigenvalue weighted by molar-refractivity contribution is 5.56. The molecule has 1 aliphatic carbocycles. The van der Waals surface area contributed by atoms with Crippen LogP contribution >= 0.6 is 0 Å². The molecule has 0 radical (unpaired) electrons. The molecule has 25 heavy (non-hydrogen) atoms. The Balaban J connectivity index is 1.72. The van der Waals surface area contributed by atoms with Crippen molar-refractivity contribution in [3.05, 3.63) is 30.2 Å². The number of ether oxygens (including phenoxy) is 1. The second kappa shape index (κ2) is 8.45. The number of aliphatic hydroxyl groups is 1. The van der Waals surface area contributed by atoms with Crippen molar-refractivity contribution >= 4 is 0 Å². The molecule has 1 atom stereocenters. The van der Waals surface area contributed by atoms with Crippen LogP contribution in [0.3, 0.4) is 0 Å². The molecule has 1 N–H and O–H groups in total. The zero-order chi connectivity index (χ0) is 17.6. The van der Waals surface area contributed by atoms with Crippen molar-refractivity contribution in [1.82, 2.24) is 15.0 Å².